The number of aryl methyl sites for hydroxylation is 2. The van der Waals surface area contributed by atoms with E-state index in [1.807, 2.05) is 19.9 Å². The molecule has 1 aliphatic rings. The highest BCUT2D eigenvalue weighted by molar-refractivity contribution is 5.36. The molecule has 0 fully saturated rings. The fraction of sp³-hybridized carbons (Fsp3) is 0.400. The molecular formula is C20H25NO2. The summed E-state index contributed by atoms with van der Waals surface area (Å²) in [6.45, 7) is 6.98. The maximum absolute atomic E-state index is 10.3. The predicted molar refractivity (Wildman–Crippen MR) is 92.8 cm³/mol. The van der Waals surface area contributed by atoms with E-state index in [1.165, 1.54) is 16.7 Å². The molecule has 122 valence electrons. The molecule has 1 aliphatic heterocycles. The van der Waals surface area contributed by atoms with Crippen molar-refractivity contribution in [3.8, 4) is 5.75 Å². The Balaban J connectivity index is 1.52. The van der Waals surface area contributed by atoms with Gasteiger partial charge in [-0.15, -0.1) is 0 Å². The molecule has 1 atom stereocenters. The van der Waals surface area contributed by atoms with E-state index in [0.29, 0.717) is 13.2 Å². The van der Waals surface area contributed by atoms with Gasteiger partial charge >= 0.3 is 0 Å². The van der Waals surface area contributed by atoms with Gasteiger partial charge in [0, 0.05) is 19.6 Å². The minimum atomic E-state index is -0.472. The molecule has 3 rings (SSSR count). The smallest absolute Gasteiger partial charge is 0.122 e. The van der Waals surface area contributed by atoms with Gasteiger partial charge in [-0.25, -0.2) is 0 Å². The van der Waals surface area contributed by atoms with E-state index in [-0.39, 0.29) is 0 Å². The van der Waals surface area contributed by atoms with Gasteiger partial charge in [0.2, 0.25) is 0 Å². The minimum Gasteiger partial charge on any atom is -0.491 e. The second kappa shape index (κ2) is 7.16. The molecule has 0 saturated carbocycles. The van der Waals surface area contributed by atoms with Crippen molar-refractivity contribution in [2.24, 2.45) is 0 Å². The maximum Gasteiger partial charge on any atom is 0.122 e. The van der Waals surface area contributed by atoms with Crippen molar-refractivity contribution in [3.63, 3.8) is 0 Å². The lowest BCUT2D eigenvalue weighted by Gasteiger charge is -2.30. The van der Waals surface area contributed by atoms with Gasteiger partial charge in [-0.2, -0.15) is 0 Å². The van der Waals surface area contributed by atoms with Crippen molar-refractivity contribution in [3.05, 3.63) is 64.7 Å². The number of β-amino-alcohol motifs (C(OH)–C–C–N with tert-alkyl or cyclic N) is 1. The van der Waals surface area contributed by atoms with Crippen LogP contribution < -0.4 is 4.74 Å². The monoisotopic (exact) mass is 311 g/mol. The van der Waals surface area contributed by atoms with Crippen LogP contribution in [0.4, 0.5) is 0 Å². The molecule has 1 heterocycles. The molecule has 3 nitrogen and oxygen atoms in total. The Morgan fingerprint density at radius 3 is 2.74 bits per heavy atom. The summed E-state index contributed by atoms with van der Waals surface area (Å²) in [5, 5.41) is 10.3. The van der Waals surface area contributed by atoms with Gasteiger partial charge in [0.05, 0.1) is 0 Å². The highest BCUT2D eigenvalue weighted by Crippen LogP contribution is 2.20. The standard InChI is InChI=1S/C20H25NO2/c1-15-7-8-16(2)20(11-15)23-14-19(22)13-21-10-9-17-5-3-4-6-18(17)12-21/h3-8,11,19,22H,9-10,12-14H2,1-2H3/t19-/m0/s1. The van der Waals surface area contributed by atoms with Gasteiger partial charge in [0.1, 0.15) is 18.5 Å². The summed E-state index contributed by atoms with van der Waals surface area (Å²) in [4.78, 5) is 2.31. The summed E-state index contributed by atoms with van der Waals surface area (Å²) < 4.78 is 5.81. The third kappa shape index (κ3) is 4.12. The molecule has 0 radical (unpaired) electrons. The van der Waals surface area contributed by atoms with E-state index in [2.05, 4.69) is 41.3 Å². The molecule has 23 heavy (non-hydrogen) atoms. The van der Waals surface area contributed by atoms with Crippen LogP contribution in [0.25, 0.3) is 0 Å². The summed E-state index contributed by atoms with van der Waals surface area (Å²) in [6, 6.07) is 14.7. The first-order valence-electron chi connectivity index (χ1n) is 8.29. The number of aliphatic hydroxyl groups is 1. The number of benzene rings is 2. The summed E-state index contributed by atoms with van der Waals surface area (Å²) in [6.07, 6.45) is 0.584. The molecule has 0 aromatic heterocycles. The number of rotatable bonds is 5. The van der Waals surface area contributed by atoms with Crippen LogP contribution in [-0.2, 0) is 13.0 Å². The van der Waals surface area contributed by atoms with E-state index >= 15 is 0 Å². The van der Waals surface area contributed by atoms with Crippen molar-refractivity contribution >= 4 is 0 Å². The number of aliphatic hydroxyl groups excluding tert-OH is 1. The van der Waals surface area contributed by atoms with E-state index < -0.39 is 6.10 Å². The number of fused-ring (bicyclic) bond motifs is 1. The van der Waals surface area contributed by atoms with Crippen molar-refractivity contribution < 1.29 is 9.84 Å². The molecule has 0 unspecified atom stereocenters. The second-order valence-electron chi connectivity index (χ2n) is 6.49. The lowest BCUT2D eigenvalue weighted by molar-refractivity contribution is 0.0635. The first-order valence-corrected chi connectivity index (χ1v) is 8.29. The number of hydrogen-bond donors (Lipinski definition) is 1. The normalized spacial score (nSPS) is 16.0. The van der Waals surface area contributed by atoms with Crippen molar-refractivity contribution in [2.75, 3.05) is 19.7 Å². The number of ether oxygens (including phenoxy) is 1. The fourth-order valence-electron chi connectivity index (χ4n) is 3.11. The van der Waals surface area contributed by atoms with E-state index in [9.17, 15) is 5.11 Å². The first kappa shape index (κ1) is 16.0. The zero-order chi connectivity index (χ0) is 16.2. The first-order chi connectivity index (χ1) is 11.1. The fourth-order valence-corrected chi connectivity index (χ4v) is 3.11. The Bertz CT molecular complexity index is 668. The summed E-state index contributed by atoms with van der Waals surface area (Å²) in [5.74, 6) is 0.869. The van der Waals surface area contributed by atoms with Crippen LogP contribution in [0.3, 0.4) is 0 Å². The molecule has 0 bridgehead atoms. The third-order valence-electron chi connectivity index (χ3n) is 4.45. The van der Waals surface area contributed by atoms with Crippen molar-refractivity contribution in [2.45, 2.75) is 32.9 Å². The zero-order valence-electron chi connectivity index (χ0n) is 14.0. The quantitative estimate of drug-likeness (QED) is 0.921. The lowest BCUT2D eigenvalue weighted by atomic mass is 10.00. The SMILES string of the molecule is Cc1ccc(C)c(OC[C@@H](O)CN2CCc3ccccc3C2)c1. The Morgan fingerprint density at radius 1 is 1.13 bits per heavy atom. The topological polar surface area (TPSA) is 32.7 Å². The highest BCUT2D eigenvalue weighted by Gasteiger charge is 2.18. The molecule has 2 aromatic carbocycles. The maximum atomic E-state index is 10.3. The highest BCUT2D eigenvalue weighted by atomic mass is 16.5. The summed E-state index contributed by atoms with van der Waals surface area (Å²) in [5.41, 5.74) is 5.09. The van der Waals surface area contributed by atoms with Gasteiger partial charge in [-0.1, -0.05) is 36.4 Å². The largest absolute Gasteiger partial charge is 0.491 e. The van der Waals surface area contributed by atoms with Gasteiger partial charge in [0.25, 0.3) is 0 Å². The Kier molecular flexibility index (Phi) is 4.99. The summed E-state index contributed by atoms with van der Waals surface area (Å²) in [7, 11) is 0. The Hall–Kier alpha value is -1.84. The molecule has 2 aromatic rings. The molecular weight excluding hydrogens is 286 g/mol. The number of nitrogens with zero attached hydrogens (tertiary/aromatic N) is 1. The predicted octanol–water partition coefficient (Wildman–Crippen LogP) is 3.10. The van der Waals surface area contributed by atoms with Crippen LogP contribution in [0.15, 0.2) is 42.5 Å². The van der Waals surface area contributed by atoms with Crippen LogP contribution >= 0.6 is 0 Å². The van der Waals surface area contributed by atoms with Crippen molar-refractivity contribution in [1.29, 1.82) is 0 Å². The molecule has 0 amide bonds. The molecule has 0 spiro atoms. The van der Waals surface area contributed by atoms with E-state index in [1.54, 1.807) is 0 Å². The minimum absolute atomic E-state index is 0.336. The molecule has 0 saturated heterocycles. The van der Waals surface area contributed by atoms with Gasteiger partial charge in [-0.3, -0.25) is 4.90 Å². The van der Waals surface area contributed by atoms with Crippen LogP contribution in [0.2, 0.25) is 0 Å². The molecule has 0 aliphatic carbocycles. The van der Waals surface area contributed by atoms with Crippen molar-refractivity contribution in [1.82, 2.24) is 4.90 Å². The van der Waals surface area contributed by atoms with Crippen LogP contribution in [0.1, 0.15) is 22.3 Å². The molecule has 1 N–H and O–H groups in total. The van der Waals surface area contributed by atoms with Gasteiger partial charge < -0.3 is 9.84 Å². The average Bonchev–Trinajstić information content (AvgIpc) is 2.55. The van der Waals surface area contributed by atoms with Crippen LogP contribution in [0, 0.1) is 13.8 Å². The number of hydrogen-bond acceptors (Lipinski definition) is 3. The van der Waals surface area contributed by atoms with Crippen LogP contribution in [0.5, 0.6) is 5.75 Å². The summed E-state index contributed by atoms with van der Waals surface area (Å²) >= 11 is 0. The Morgan fingerprint density at radius 2 is 1.91 bits per heavy atom. The van der Waals surface area contributed by atoms with Gasteiger partial charge in [0.15, 0.2) is 0 Å². The lowest BCUT2D eigenvalue weighted by Crippen LogP contribution is -2.38. The van der Waals surface area contributed by atoms with E-state index in [4.69, 9.17) is 4.74 Å². The average molecular weight is 311 g/mol. The molecule has 3 heteroatoms. The van der Waals surface area contributed by atoms with Crippen LogP contribution in [-0.4, -0.2) is 35.8 Å². The van der Waals surface area contributed by atoms with E-state index in [0.717, 1.165) is 30.8 Å². The third-order valence-corrected chi connectivity index (χ3v) is 4.45. The Labute approximate surface area is 138 Å². The second-order valence-corrected chi connectivity index (χ2v) is 6.49. The van der Waals surface area contributed by atoms with Gasteiger partial charge in [-0.05, 0) is 48.6 Å². The zero-order valence-corrected chi connectivity index (χ0v) is 14.0.